The first-order valence-electron chi connectivity index (χ1n) is 8.37. The SMILES string of the molecule is C[C@H](OC[C@@H]1CCCCO1)C(=O)N1CCC[C@@H](C)[C@H]1CN. The van der Waals surface area contributed by atoms with E-state index in [0.717, 1.165) is 38.8 Å². The van der Waals surface area contributed by atoms with E-state index in [-0.39, 0.29) is 18.1 Å². The Hall–Kier alpha value is -0.650. The van der Waals surface area contributed by atoms with Crippen LogP contribution in [-0.2, 0) is 14.3 Å². The number of amides is 1. The normalized spacial score (nSPS) is 32.0. The Morgan fingerprint density at radius 3 is 2.86 bits per heavy atom. The molecule has 5 nitrogen and oxygen atoms in total. The van der Waals surface area contributed by atoms with Gasteiger partial charge in [0, 0.05) is 25.7 Å². The third kappa shape index (κ3) is 4.41. The van der Waals surface area contributed by atoms with E-state index in [9.17, 15) is 4.79 Å². The summed E-state index contributed by atoms with van der Waals surface area (Å²) in [6.07, 6.45) is 5.31. The maximum atomic E-state index is 12.6. The minimum absolute atomic E-state index is 0.0767. The molecule has 0 saturated carbocycles. The van der Waals surface area contributed by atoms with E-state index in [1.807, 2.05) is 11.8 Å². The highest BCUT2D eigenvalue weighted by Crippen LogP contribution is 2.23. The van der Waals surface area contributed by atoms with Crippen LogP contribution in [-0.4, -0.2) is 55.4 Å². The molecule has 0 unspecified atom stereocenters. The molecule has 0 spiro atoms. The summed E-state index contributed by atoms with van der Waals surface area (Å²) in [6, 6.07) is 0.156. The molecule has 2 saturated heterocycles. The number of piperidine rings is 1. The molecule has 0 bridgehead atoms. The molecule has 21 heavy (non-hydrogen) atoms. The summed E-state index contributed by atoms with van der Waals surface area (Å²) in [5, 5.41) is 0. The van der Waals surface area contributed by atoms with Gasteiger partial charge in [0.05, 0.1) is 12.7 Å². The quantitative estimate of drug-likeness (QED) is 0.836. The molecular weight excluding hydrogens is 268 g/mol. The maximum absolute atomic E-state index is 12.6. The maximum Gasteiger partial charge on any atom is 0.251 e. The van der Waals surface area contributed by atoms with Gasteiger partial charge in [0.2, 0.25) is 0 Å². The van der Waals surface area contributed by atoms with Gasteiger partial charge in [-0.1, -0.05) is 6.92 Å². The number of nitrogens with zero attached hydrogens (tertiary/aromatic N) is 1. The average molecular weight is 298 g/mol. The Balaban J connectivity index is 1.82. The fraction of sp³-hybridized carbons (Fsp3) is 0.938. The van der Waals surface area contributed by atoms with Crippen molar-refractivity contribution in [1.29, 1.82) is 0 Å². The van der Waals surface area contributed by atoms with Gasteiger partial charge in [-0.25, -0.2) is 0 Å². The van der Waals surface area contributed by atoms with E-state index >= 15 is 0 Å². The third-order valence-electron chi connectivity index (χ3n) is 4.79. The molecule has 2 heterocycles. The van der Waals surface area contributed by atoms with Gasteiger partial charge in [-0.05, 0) is 44.9 Å². The molecule has 2 N–H and O–H groups in total. The monoisotopic (exact) mass is 298 g/mol. The van der Waals surface area contributed by atoms with Crippen molar-refractivity contribution in [3.63, 3.8) is 0 Å². The Morgan fingerprint density at radius 1 is 1.38 bits per heavy atom. The number of carbonyl (C=O) groups is 1. The molecule has 122 valence electrons. The van der Waals surface area contributed by atoms with Crippen molar-refractivity contribution in [3.8, 4) is 0 Å². The van der Waals surface area contributed by atoms with Gasteiger partial charge in [0.25, 0.3) is 5.91 Å². The second-order valence-corrected chi connectivity index (χ2v) is 6.42. The van der Waals surface area contributed by atoms with Crippen LogP contribution in [0.2, 0.25) is 0 Å². The van der Waals surface area contributed by atoms with Crippen LogP contribution in [0, 0.1) is 5.92 Å². The molecule has 0 radical (unpaired) electrons. The second-order valence-electron chi connectivity index (χ2n) is 6.42. The van der Waals surface area contributed by atoms with Gasteiger partial charge in [0.1, 0.15) is 6.10 Å². The summed E-state index contributed by atoms with van der Waals surface area (Å²) < 4.78 is 11.4. The number of hydrogen-bond acceptors (Lipinski definition) is 4. The van der Waals surface area contributed by atoms with Crippen LogP contribution in [0.1, 0.15) is 46.0 Å². The third-order valence-corrected chi connectivity index (χ3v) is 4.79. The molecular formula is C16H30N2O3. The van der Waals surface area contributed by atoms with Crippen LogP contribution in [0.4, 0.5) is 0 Å². The second kappa shape index (κ2) is 8.11. The van der Waals surface area contributed by atoms with Crippen molar-refractivity contribution in [3.05, 3.63) is 0 Å². The van der Waals surface area contributed by atoms with Crippen LogP contribution in [0.5, 0.6) is 0 Å². The Labute approximate surface area is 128 Å². The molecule has 0 aliphatic carbocycles. The van der Waals surface area contributed by atoms with Crippen LogP contribution in [0.25, 0.3) is 0 Å². The molecule has 5 heteroatoms. The number of nitrogens with two attached hydrogens (primary N) is 1. The highest BCUT2D eigenvalue weighted by molar-refractivity contribution is 5.81. The first kappa shape index (κ1) is 16.7. The largest absolute Gasteiger partial charge is 0.376 e. The van der Waals surface area contributed by atoms with E-state index in [1.54, 1.807) is 0 Å². The van der Waals surface area contributed by atoms with Crippen molar-refractivity contribution in [2.75, 3.05) is 26.3 Å². The minimum atomic E-state index is -0.408. The number of hydrogen-bond donors (Lipinski definition) is 1. The topological polar surface area (TPSA) is 64.8 Å². The van der Waals surface area contributed by atoms with Crippen molar-refractivity contribution < 1.29 is 14.3 Å². The summed E-state index contributed by atoms with van der Waals surface area (Å²) in [7, 11) is 0. The Morgan fingerprint density at radius 2 is 2.19 bits per heavy atom. The first-order chi connectivity index (χ1) is 10.1. The van der Waals surface area contributed by atoms with E-state index < -0.39 is 6.10 Å². The first-order valence-corrected chi connectivity index (χ1v) is 8.37. The molecule has 0 aromatic heterocycles. The van der Waals surface area contributed by atoms with Crippen molar-refractivity contribution in [1.82, 2.24) is 4.90 Å². The predicted octanol–water partition coefficient (Wildman–Crippen LogP) is 1.55. The van der Waals surface area contributed by atoms with Gasteiger partial charge in [-0.2, -0.15) is 0 Å². The number of carbonyl (C=O) groups excluding carboxylic acids is 1. The molecule has 2 aliphatic rings. The highest BCUT2D eigenvalue weighted by atomic mass is 16.5. The molecule has 2 rings (SSSR count). The van der Waals surface area contributed by atoms with Crippen LogP contribution >= 0.6 is 0 Å². The van der Waals surface area contributed by atoms with Crippen LogP contribution in [0.15, 0.2) is 0 Å². The Bertz CT molecular complexity index is 331. The molecule has 0 aromatic carbocycles. The standard InChI is InChI=1S/C16H30N2O3/c1-12-6-5-8-18(15(12)10-17)16(19)13(2)21-11-14-7-3-4-9-20-14/h12-15H,3-11,17H2,1-2H3/t12-,13+,14+,15-/m1/s1. The zero-order valence-electron chi connectivity index (χ0n) is 13.4. The number of ether oxygens (including phenoxy) is 2. The van der Waals surface area contributed by atoms with E-state index in [2.05, 4.69) is 6.92 Å². The lowest BCUT2D eigenvalue weighted by Crippen LogP contribution is -2.54. The highest BCUT2D eigenvalue weighted by Gasteiger charge is 2.33. The van der Waals surface area contributed by atoms with Crippen molar-refractivity contribution in [2.24, 2.45) is 11.7 Å². The van der Waals surface area contributed by atoms with Gasteiger partial charge in [-0.15, -0.1) is 0 Å². The Kier molecular flexibility index (Phi) is 6.45. The van der Waals surface area contributed by atoms with Crippen LogP contribution in [0.3, 0.4) is 0 Å². The van der Waals surface area contributed by atoms with Gasteiger partial charge < -0.3 is 20.1 Å². The zero-order valence-corrected chi connectivity index (χ0v) is 13.4. The zero-order chi connectivity index (χ0) is 15.2. The lowest BCUT2D eigenvalue weighted by atomic mass is 9.90. The fourth-order valence-corrected chi connectivity index (χ4v) is 3.38. The number of likely N-dealkylation sites (tertiary alicyclic amines) is 1. The van der Waals surface area contributed by atoms with E-state index in [4.69, 9.17) is 15.2 Å². The van der Waals surface area contributed by atoms with Crippen molar-refractivity contribution in [2.45, 2.75) is 64.2 Å². The molecule has 2 fully saturated rings. The molecule has 1 amide bonds. The smallest absolute Gasteiger partial charge is 0.251 e. The predicted molar refractivity (Wildman–Crippen MR) is 82.0 cm³/mol. The number of rotatable bonds is 5. The van der Waals surface area contributed by atoms with E-state index in [1.165, 1.54) is 6.42 Å². The van der Waals surface area contributed by atoms with Crippen molar-refractivity contribution >= 4 is 5.91 Å². The lowest BCUT2D eigenvalue weighted by molar-refractivity contribution is -0.151. The van der Waals surface area contributed by atoms with Crippen LogP contribution < -0.4 is 5.73 Å². The minimum Gasteiger partial charge on any atom is -0.376 e. The van der Waals surface area contributed by atoms with Gasteiger partial charge >= 0.3 is 0 Å². The fourth-order valence-electron chi connectivity index (χ4n) is 3.38. The molecule has 4 atom stereocenters. The van der Waals surface area contributed by atoms with E-state index in [0.29, 0.717) is 19.1 Å². The summed E-state index contributed by atoms with van der Waals surface area (Å²) in [5.74, 6) is 0.550. The average Bonchev–Trinajstić information content (AvgIpc) is 2.52. The summed E-state index contributed by atoms with van der Waals surface area (Å²) in [5.41, 5.74) is 5.86. The summed E-state index contributed by atoms with van der Waals surface area (Å²) in [4.78, 5) is 14.5. The lowest BCUT2D eigenvalue weighted by Gasteiger charge is -2.40. The molecule has 2 aliphatic heterocycles. The van der Waals surface area contributed by atoms with Gasteiger partial charge in [-0.3, -0.25) is 4.79 Å². The van der Waals surface area contributed by atoms with Gasteiger partial charge in [0.15, 0.2) is 0 Å². The molecule has 0 aromatic rings. The summed E-state index contributed by atoms with van der Waals surface area (Å²) in [6.45, 7) is 6.69. The summed E-state index contributed by atoms with van der Waals surface area (Å²) >= 11 is 0.